The van der Waals surface area contributed by atoms with Gasteiger partial charge in [-0.2, -0.15) is 0 Å². The minimum absolute atomic E-state index is 0.120. The SMILES string of the molecule is CCCC(C)C(=O)NCc1cccc(C)c1. The van der Waals surface area contributed by atoms with Crippen molar-refractivity contribution in [2.24, 2.45) is 5.92 Å². The van der Waals surface area contributed by atoms with E-state index in [1.807, 2.05) is 19.1 Å². The van der Waals surface area contributed by atoms with Gasteiger partial charge in [0.15, 0.2) is 0 Å². The summed E-state index contributed by atoms with van der Waals surface area (Å²) in [5, 5.41) is 2.97. The number of carbonyl (C=O) groups is 1. The lowest BCUT2D eigenvalue weighted by atomic mass is 10.1. The van der Waals surface area contributed by atoms with Crippen LogP contribution in [0.2, 0.25) is 0 Å². The first-order chi connectivity index (χ1) is 7.63. The Bertz CT molecular complexity index is 346. The van der Waals surface area contributed by atoms with Crippen LogP contribution in [0.25, 0.3) is 0 Å². The fraction of sp³-hybridized carbons (Fsp3) is 0.500. The Balaban J connectivity index is 2.42. The van der Waals surface area contributed by atoms with Crippen molar-refractivity contribution in [1.29, 1.82) is 0 Å². The molecule has 0 aliphatic rings. The molecule has 0 saturated heterocycles. The molecule has 1 aromatic carbocycles. The van der Waals surface area contributed by atoms with Crippen molar-refractivity contribution < 1.29 is 4.79 Å². The molecule has 2 nitrogen and oxygen atoms in total. The lowest BCUT2D eigenvalue weighted by Gasteiger charge is -2.11. The van der Waals surface area contributed by atoms with E-state index < -0.39 is 0 Å². The van der Waals surface area contributed by atoms with Gasteiger partial charge in [0.1, 0.15) is 0 Å². The lowest BCUT2D eigenvalue weighted by molar-refractivity contribution is -0.124. The maximum atomic E-state index is 11.7. The van der Waals surface area contributed by atoms with Gasteiger partial charge in [0.05, 0.1) is 0 Å². The zero-order valence-electron chi connectivity index (χ0n) is 10.4. The number of benzene rings is 1. The Morgan fingerprint density at radius 1 is 1.44 bits per heavy atom. The summed E-state index contributed by atoms with van der Waals surface area (Å²) in [4.78, 5) is 11.7. The molecule has 1 unspecified atom stereocenters. The molecule has 0 spiro atoms. The van der Waals surface area contributed by atoms with Crippen molar-refractivity contribution in [2.75, 3.05) is 0 Å². The van der Waals surface area contributed by atoms with Gasteiger partial charge in [-0.15, -0.1) is 0 Å². The molecule has 0 saturated carbocycles. The quantitative estimate of drug-likeness (QED) is 0.810. The Kier molecular flexibility index (Phi) is 5.03. The molecule has 0 radical (unpaired) electrons. The lowest BCUT2D eigenvalue weighted by Crippen LogP contribution is -2.28. The van der Waals surface area contributed by atoms with Crippen molar-refractivity contribution in [1.82, 2.24) is 5.32 Å². The molecule has 0 aliphatic heterocycles. The second-order valence-electron chi connectivity index (χ2n) is 4.40. The van der Waals surface area contributed by atoms with E-state index in [2.05, 4.69) is 31.3 Å². The number of aryl methyl sites for hydroxylation is 1. The van der Waals surface area contributed by atoms with E-state index in [1.54, 1.807) is 0 Å². The van der Waals surface area contributed by atoms with E-state index in [1.165, 1.54) is 5.56 Å². The molecule has 0 heterocycles. The summed E-state index contributed by atoms with van der Waals surface area (Å²) in [6.07, 6.45) is 2.01. The predicted molar refractivity (Wildman–Crippen MR) is 67.1 cm³/mol. The summed E-state index contributed by atoms with van der Waals surface area (Å²) >= 11 is 0. The molecule has 0 aromatic heterocycles. The number of rotatable bonds is 5. The van der Waals surface area contributed by atoms with Gasteiger partial charge in [0, 0.05) is 12.5 Å². The van der Waals surface area contributed by atoms with Crippen molar-refractivity contribution in [3.8, 4) is 0 Å². The van der Waals surface area contributed by atoms with Crippen molar-refractivity contribution in [3.05, 3.63) is 35.4 Å². The summed E-state index contributed by atoms with van der Waals surface area (Å²) in [6.45, 7) is 6.78. The fourth-order valence-corrected chi connectivity index (χ4v) is 1.75. The van der Waals surface area contributed by atoms with Crippen LogP contribution in [0.1, 0.15) is 37.8 Å². The minimum atomic E-state index is 0.120. The maximum Gasteiger partial charge on any atom is 0.223 e. The molecule has 16 heavy (non-hydrogen) atoms. The third kappa shape index (κ3) is 4.05. The smallest absolute Gasteiger partial charge is 0.223 e. The summed E-state index contributed by atoms with van der Waals surface area (Å²) in [5.41, 5.74) is 2.39. The Morgan fingerprint density at radius 2 is 2.19 bits per heavy atom. The summed E-state index contributed by atoms with van der Waals surface area (Å²) in [6, 6.07) is 8.22. The third-order valence-corrected chi connectivity index (χ3v) is 2.72. The topological polar surface area (TPSA) is 29.1 Å². The van der Waals surface area contributed by atoms with Gasteiger partial charge in [-0.3, -0.25) is 4.79 Å². The zero-order valence-corrected chi connectivity index (χ0v) is 10.4. The van der Waals surface area contributed by atoms with Gasteiger partial charge in [-0.05, 0) is 18.9 Å². The maximum absolute atomic E-state index is 11.7. The molecule has 2 heteroatoms. The average molecular weight is 219 g/mol. The molecular weight excluding hydrogens is 198 g/mol. The van der Waals surface area contributed by atoms with E-state index in [0.29, 0.717) is 6.54 Å². The van der Waals surface area contributed by atoms with Crippen LogP contribution in [0.4, 0.5) is 0 Å². The second-order valence-corrected chi connectivity index (χ2v) is 4.40. The van der Waals surface area contributed by atoms with Gasteiger partial charge >= 0.3 is 0 Å². The van der Waals surface area contributed by atoms with Crippen molar-refractivity contribution >= 4 is 5.91 Å². The van der Waals surface area contributed by atoms with Gasteiger partial charge in [0.25, 0.3) is 0 Å². The van der Waals surface area contributed by atoms with Crippen LogP contribution in [0.5, 0.6) is 0 Å². The van der Waals surface area contributed by atoms with Gasteiger partial charge in [0.2, 0.25) is 5.91 Å². The number of nitrogens with one attached hydrogen (secondary N) is 1. The minimum Gasteiger partial charge on any atom is -0.352 e. The molecule has 0 aliphatic carbocycles. The van der Waals surface area contributed by atoms with Gasteiger partial charge < -0.3 is 5.32 Å². The van der Waals surface area contributed by atoms with Crippen LogP contribution in [-0.2, 0) is 11.3 Å². The standard InChI is InChI=1S/C14H21NO/c1-4-6-12(3)14(16)15-10-13-8-5-7-11(2)9-13/h5,7-9,12H,4,6,10H2,1-3H3,(H,15,16). The van der Waals surface area contributed by atoms with E-state index >= 15 is 0 Å². The van der Waals surface area contributed by atoms with Gasteiger partial charge in [-0.25, -0.2) is 0 Å². The van der Waals surface area contributed by atoms with Gasteiger partial charge in [-0.1, -0.05) is 50.1 Å². The summed E-state index contributed by atoms with van der Waals surface area (Å²) in [5.74, 6) is 0.276. The number of carbonyl (C=O) groups excluding carboxylic acids is 1. The van der Waals surface area contributed by atoms with Crippen LogP contribution in [0.15, 0.2) is 24.3 Å². The van der Waals surface area contributed by atoms with Crippen LogP contribution in [0.3, 0.4) is 0 Å². The van der Waals surface area contributed by atoms with E-state index in [0.717, 1.165) is 18.4 Å². The molecule has 1 amide bonds. The Labute approximate surface area is 98.1 Å². The van der Waals surface area contributed by atoms with E-state index in [9.17, 15) is 4.79 Å². The van der Waals surface area contributed by atoms with Crippen LogP contribution in [0, 0.1) is 12.8 Å². The summed E-state index contributed by atoms with van der Waals surface area (Å²) in [7, 11) is 0. The summed E-state index contributed by atoms with van der Waals surface area (Å²) < 4.78 is 0. The fourth-order valence-electron chi connectivity index (χ4n) is 1.75. The first-order valence-corrected chi connectivity index (χ1v) is 5.96. The number of amides is 1. The molecule has 1 aromatic rings. The van der Waals surface area contributed by atoms with Crippen LogP contribution < -0.4 is 5.32 Å². The molecule has 1 atom stereocenters. The zero-order chi connectivity index (χ0) is 12.0. The molecular formula is C14H21NO. The normalized spacial score (nSPS) is 12.2. The first-order valence-electron chi connectivity index (χ1n) is 5.96. The molecule has 1 N–H and O–H groups in total. The van der Waals surface area contributed by atoms with E-state index in [4.69, 9.17) is 0 Å². The predicted octanol–water partition coefficient (Wildman–Crippen LogP) is 3.05. The van der Waals surface area contributed by atoms with Crippen molar-refractivity contribution in [2.45, 2.75) is 40.2 Å². The monoisotopic (exact) mass is 219 g/mol. The molecule has 1 rings (SSSR count). The van der Waals surface area contributed by atoms with Crippen LogP contribution >= 0.6 is 0 Å². The highest BCUT2D eigenvalue weighted by molar-refractivity contribution is 5.78. The highest BCUT2D eigenvalue weighted by atomic mass is 16.1. The molecule has 0 fully saturated rings. The van der Waals surface area contributed by atoms with E-state index in [-0.39, 0.29) is 11.8 Å². The highest BCUT2D eigenvalue weighted by Crippen LogP contribution is 2.07. The van der Waals surface area contributed by atoms with Crippen molar-refractivity contribution in [3.63, 3.8) is 0 Å². The average Bonchev–Trinajstić information content (AvgIpc) is 2.26. The Hall–Kier alpha value is -1.31. The Morgan fingerprint density at radius 3 is 2.81 bits per heavy atom. The number of hydrogen-bond acceptors (Lipinski definition) is 1. The molecule has 0 bridgehead atoms. The molecule has 88 valence electrons. The largest absolute Gasteiger partial charge is 0.352 e. The number of hydrogen-bond donors (Lipinski definition) is 1. The first kappa shape index (κ1) is 12.8. The third-order valence-electron chi connectivity index (χ3n) is 2.72. The second kappa shape index (κ2) is 6.31. The van der Waals surface area contributed by atoms with Crippen LogP contribution in [-0.4, -0.2) is 5.91 Å². The highest BCUT2D eigenvalue weighted by Gasteiger charge is 2.10.